The van der Waals surface area contributed by atoms with Gasteiger partial charge in [0.25, 0.3) is 0 Å². The lowest BCUT2D eigenvalue weighted by molar-refractivity contribution is 0.852. The van der Waals surface area contributed by atoms with Crippen LogP contribution in [0.5, 0.6) is 0 Å². The maximum absolute atomic E-state index is 4.36. The molecule has 0 atom stereocenters. The molecule has 0 saturated carbocycles. The van der Waals surface area contributed by atoms with Crippen molar-refractivity contribution < 1.29 is 0 Å². The number of rotatable bonds is 6. The van der Waals surface area contributed by atoms with Crippen molar-refractivity contribution in [1.29, 1.82) is 0 Å². The molecule has 0 aliphatic rings. The van der Waals surface area contributed by atoms with E-state index in [2.05, 4.69) is 60.4 Å². The van der Waals surface area contributed by atoms with Gasteiger partial charge >= 0.3 is 0 Å². The minimum Gasteiger partial charge on any atom is -0.369 e. The van der Waals surface area contributed by atoms with Gasteiger partial charge in [-0.05, 0) is 34.8 Å². The number of aromatic nitrogens is 2. The monoisotopic (exact) mass is 334 g/mol. The first-order valence-electron chi connectivity index (χ1n) is 6.71. The van der Waals surface area contributed by atoms with Crippen LogP contribution in [0.25, 0.3) is 0 Å². The van der Waals surface area contributed by atoms with Crippen LogP contribution in [0.3, 0.4) is 0 Å². The third kappa shape index (κ3) is 3.70. The highest BCUT2D eigenvalue weighted by molar-refractivity contribution is 9.10. The van der Waals surface area contributed by atoms with E-state index >= 15 is 0 Å². The molecule has 2 rings (SSSR count). The van der Waals surface area contributed by atoms with Crippen LogP contribution in [0.1, 0.15) is 12.5 Å². The fourth-order valence-corrected chi connectivity index (χ4v) is 2.61. The van der Waals surface area contributed by atoms with Crippen molar-refractivity contribution in [2.75, 3.05) is 30.4 Å². The number of halogens is 1. The number of likely N-dealkylation sites (N-methyl/N-ethyl adjacent to an activating group) is 1. The lowest BCUT2D eigenvalue weighted by atomic mass is 10.1. The number of anilines is 2. The highest BCUT2D eigenvalue weighted by Gasteiger charge is 2.11. The zero-order valence-electron chi connectivity index (χ0n) is 11.8. The second kappa shape index (κ2) is 7.24. The summed E-state index contributed by atoms with van der Waals surface area (Å²) in [5, 5.41) is 3.22. The molecule has 4 nitrogen and oxygen atoms in total. The normalized spacial score (nSPS) is 10.3. The quantitative estimate of drug-likeness (QED) is 0.879. The first-order valence-corrected chi connectivity index (χ1v) is 7.51. The van der Waals surface area contributed by atoms with Gasteiger partial charge in [-0.3, -0.25) is 0 Å². The Labute approximate surface area is 128 Å². The summed E-state index contributed by atoms with van der Waals surface area (Å²) in [6, 6.07) is 10.5. The molecule has 1 N–H and O–H groups in total. The highest BCUT2D eigenvalue weighted by Crippen LogP contribution is 2.28. The van der Waals surface area contributed by atoms with E-state index in [4.69, 9.17) is 0 Å². The number of nitrogens with one attached hydrogen (secondary N) is 1. The van der Waals surface area contributed by atoms with Crippen LogP contribution < -0.4 is 10.2 Å². The molecular formula is C15H19BrN4. The number of hydrogen-bond acceptors (Lipinski definition) is 4. The molecule has 20 heavy (non-hydrogen) atoms. The summed E-state index contributed by atoms with van der Waals surface area (Å²) in [4.78, 5) is 10.7. The van der Waals surface area contributed by atoms with Gasteiger partial charge in [0.05, 0.1) is 0 Å². The van der Waals surface area contributed by atoms with E-state index in [9.17, 15) is 0 Å². The summed E-state index contributed by atoms with van der Waals surface area (Å²) in [6.45, 7) is 3.79. The third-order valence-corrected chi connectivity index (χ3v) is 3.79. The van der Waals surface area contributed by atoms with Gasteiger partial charge in [0.15, 0.2) is 0 Å². The lowest BCUT2D eigenvalue weighted by Crippen LogP contribution is -2.22. The first kappa shape index (κ1) is 14.8. The fourth-order valence-electron chi connectivity index (χ4n) is 1.96. The second-order valence-corrected chi connectivity index (χ2v) is 5.34. The number of hydrogen-bond donors (Lipinski definition) is 1. The average molecular weight is 335 g/mol. The van der Waals surface area contributed by atoms with Crippen LogP contribution in [0.4, 0.5) is 11.6 Å². The van der Waals surface area contributed by atoms with E-state index in [1.165, 1.54) is 5.56 Å². The molecule has 0 unspecified atom stereocenters. The van der Waals surface area contributed by atoms with Gasteiger partial charge in [-0.2, -0.15) is 0 Å². The topological polar surface area (TPSA) is 41.1 Å². The van der Waals surface area contributed by atoms with Crippen molar-refractivity contribution in [3.05, 3.63) is 46.7 Å². The molecule has 1 aromatic carbocycles. The van der Waals surface area contributed by atoms with E-state index in [1.54, 1.807) is 6.33 Å². The highest BCUT2D eigenvalue weighted by atomic mass is 79.9. The zero-order valence-corrected chi connectivity index (χ0v) is 13.4. The molecule has 0 bridgehead atoms. The van der Waals surface area contributed by atoms with E-state index < -0.39 is 0 Å². The molecule has 0 aliphatic carbocycles. The molecule has 106 valence electrons. The summed E-state index contributed by atoms with van der Waals surface area (Å²) in [6.07, 6.45) is 2.58. The Bertz CT molecular complexity index is 545. The first-order chi connectivity index (χ1) is 9.72. The van der Waals surface area contributed by atoms with Crippen molar-refractivity contribution in [1.82, 2.24) is 9.97 Å². The molecule has 5 heteroatoms. The third-order valence-electron chi connectivity index (χ3n) is 3.06. The molecule has 2 aromatic rings. The molecule has 0 radical (unpaired) electrons. The summed E-state index contributed by atoms with van der Waals surface area (Å²) in [5.74, 6) is 1.75. The Morgan fingerprint density at radius 2 is 1.95 bits per heavy atom. The van der Waals surface area contributed by atoms with Gasteiger partial charge in [0.2, 0.25) is 0 Å². The van der Waals surface area contributed by atoms with Crippen molar-refractivity contribution in [3.8, 4) is 0 Å². The molecule has 0 saturated heterocycles. The number of nitrogens with zero attached hydrogens (tertiary/aromatic N) is 3. The minimum absolute atomic E-state index is 0.836. The Morgan fingerprint density at radius 1 is 1.20 bits per heavy atom. The van der Waals surface area contributed by atoms with Crippen molar-refractivity contribution >= 4 is 27.6 Å². The summed E-state index contributed by atoms with van der Waals surface area (Å²) >= 11 is 3.58. The van der Waals surface area contributed by atoms with Gasteiger partial charge in [-0.25, -0.2) is 9.97 Å². The van der Waals surface area contributed by atoms with Gasteiger partial charge in [0, 0.05) is 20.1 Å². The average Bonchev–Trinajstić information content (AvgIpc) is 2.48. The SMILES string of the molecule is CCNc1ncnc(N(C)CCc2ccccc2)c1Br. The van der Waals surface area contributed by atoms with Crippen molar-refractivity contribution in [2.24, 2.45) is 0 Å². The summed E-state index contributed by atoms with van der Waals surface area (Å²) < 4.78 is 0.914. The Kier molecular flexibility index (Phi) is 5.35. The van der Waals surface area contributed by atoms with Gasteiger partial charge in [-0.15, -0.1) is 0 Å². The van der Waals surface area contributed by atoms with Crippen LogP contribution >= 0.6 is 15.9 Å². The largest absolute Gasteiger partial charge is 0.369 e. The minimum atomic E-state index is 0.836. The standard InChI is InChI=1S/C15H19BrN4/c1-3-17-14-13(16)15(19-11-18-14)20(2)10-9-12-7-5-4-6-8-12/h4-8,11H,3,9-10H2,1-2H3,(H,17,18,19). The fraction of sp³-hybridized carbons (Fsp3) is 0.333. The van der Waals surface area contributed by atoms with E-state index in [-0.39, 0.29) is 0 Å². The lowest BCUT2D eigenvalue weighted by Gasteiger charge is -2.20. The van der Waals surface area contributed by atoms with E-state index in [0.717, 1.165) is 35.6 Å². The van der Waals surface area contributed by atoms with Crippen LogP contribution in [0.15, 0.2) is 41.1 Å². The molecule has 1 heterocycles. The van der Waals surface area contributed by atoms with Crippen LogP contribution in [0.2, 0.25) is 0 Å². The second-order valence-electron chi connectivity index (χ2n) is 4.55. The molecule has 0 aliphatic heterocycles. The van der Waals surface area contributed by atoms with E-state index in [0.29, 0.717) is 0 Å². The predicted octanol–water partition coefficient (Wildman–Crippen LogP) is 3.35. The Balaban J connectivity index is 2.05. The van der Waals surface area contributed by atoms with Gasteiger partial charge in [0.1, 0.15) is 22.4 Å². The zero-order chi connectivity index (χ0) is 14.4. The van der Waals surface area contributed by atoms with Crippen LogP contribution in [0, 0.1) is 0 Å². The van der Waals surface area contributed by atoms with E-state index in [1.807, 2.05) is 20.0 Å². The molecule has 0 fully saturated rings. The Morgan fingerprint density at radius 3 is 2.65 bits per heavy atom. The summed E-state index contributed by atoms with van der Waals surface area (Å²) in [7, 11) is 2.05. The Hall–Kier alpha value is -1.62. The van der Waals surface area contributed by atoms with Crippen molar-refractivity contribution in [2.45, 2.75) is 13.3 Å². The molecule has 0 amide bonds. The van der Waals surface area contributed by atoms with Crippen molar-refractivity contribution in [3.63, 3.8) is 0 Å². The van der Waals surface area contributed by atoms with Gasteiger partial charge < -0.3 is 10.2 Å². The van der Waals surface area contributed by atoms with Crippen LogP contribution in [-0.4, -0.2) is 30.1 Å². The maximum atomic E-state index is 4.36. The molecule has 1 aromatic heterocycles. The van der Waals surface area contributed by atoms with Crippen LogP contribution in [-0.2, 0) is 6.42 Å². The summed E-state index contributed by atoms with van der Waals surface area (Å²) in [5.41, 5.74) is 1.33. The molecule has 0 spiro atoms. The van der Waals surface area contributed by atoms with Gasteiger partial charge in [-0.1, -0.05) is 30.3 Å². The predicted molar refractivity (Wildman–Crippen MR) is 87.3 cm³/mol. The number of benzene rings is 1. The molecular weight excluding hydrogens is 316 g/mol. The smallest absolute Gasteiger partial charge is 0.148 e. The maximum Gasteiger partial charge on any atom is 0.148 e.